The molecular formula is C25H23ClN2O3S. The number of pyridine rings is 1. The van der Waals surface area contributed by atoms with Crippen LogP contribution in [-0.4, -0.2) is 29.3 Å². The Labute approximate surface area is 196 Å². The van der Waals surface area contributed by atoms with Crippen molar-refractivity contribution in [1.82, 2.24) is 10.3 Å². The van der Waals surface area contributed by atoms with Crippen LogP contribution in [0.3, 0.4) is 0 Å². The maximum Gasteiger partial charge on any atom is 0.244 e. The zero-order chi connectivity index (χ0) is 22.8. The number of fused-ring (bicyclic) bond motifs is 1. The number of aromatic nitrogens is 1. The first-order chi connectivity index (χ1) is 15.3. The Kier molecular flexibility index (Phi) is 6.44. The van der Waals surface area contributed by atoms with Crippen LogP contribution < -0.4 is 10.1 Å². The molecular weight excluding hydrogens is 444 g/mol. The van der Waals surface area contributed by atoms with Crippen molar-refractivity contribution < 1.29 is 14.3 Å². The number of hydrogen-bond acceptors (Lipinski definition) is 5. The summed E-state index contributed by atoms with van der Waals surface area (Å²) in [5.41, 5.74) is 4.71. The van der Waals surface area contributed by atoms with Crippen LogP contribution in [-0.2, 0) is 11.2 Å². The summed E-state index contributed by atoms with van der Waals surface area (Å²) in [4.78, 5) is 30.0. The molecule has 1 amide bonds. The van der Waals surface area contributed by atoms with Crippen molar-refractivity contribution in [2.24, 2.45) is 0 Å². The Balaban J connectivity index is 1.38. The van der Waals surface area contributed by atoms with Crippen molar-refractivity contribution in [3.8, 4) is 16.2 Å². The van der Waals surface area contributed by atoms with Crippen LogP contribution >= 0.6 is 22.9 Å². The fraction of sp³-hybridized carbons (Fsp3) is 0.240. The lowest BCUT2D eigenvalue weighted by molar-refractivity contribution is -0.116. The number of carbonyl (C=O) groups is 2. The molecule has 0 saturated carbocycles. The van der Waals surface area contributed by atoms with Crippen LogP contribution in [0.1, 0.15) is 39.1 Å². The van der Waals surface area contributed by atoms with Gasteiger partial charge in [0.15, 0.2) is 5.78 Å². The average molecular weight is 467 g/mol. The number of nitrogens with one attached hydrogen (secondary N) is 1. The smallest absolute Gasteiger partial charge is 0.244 e. The molecule has 1 N–H and O–H groups in total. The minimum absolute atomic E-state index is 0.0514. The van der Waals surface area contributed by atoms with Gasteiger partial charge in [0.25, 0.3) is 0 Å². The number of thiophene rings is 1. The Bertz CT molecular complexity index is 1230. The van der Waals surface area contributed by atoms with Crippen LogP contribution in [0.25, 0.3) is 16.5 Å². The van der Waals surface area contributed by atoms with Gasteiger partial charge in [0.05, 0.1) is 16.4 Å². The summed E-state index contributed by atoms with van der Waals surface area (Å²) >= 11 is 7.92. The highest BCUT2D eigenvalue weighted by molar-refractivity contribution is 7.17. The maximum absolute atomic E-state index is 12.3. The van der Waals surface area contributed by atoms with E-state index in [1.807, 2.05) is 50.2 Å². The van der Waals surface area contributed by atoms with E-state index in [-0.39, 0.29) is 17.8 Å². The molecule has 0 bridgehead atoms. The summed E-state index contributed by atoms with van der Waals surface area (Å²) in [6.07, 6.45) is 3.74. The highest BCUT2D eigenvalue weighted by Crippen LogP contribution is 2.41. The molecule has 1 atom stereocenters. The lowest BCUT2D eigenvalue weighted by Gasteiger charge is -2.11. The fourth-order valence-corrected chi connectivity index (χ4v) is 4.81. The molecule has 1 aromatic carbocycles. The van der Waals surface area contributed by atoms with E-state index in [0.29, 0.717) is 23.7 Å². The van der Waals surface area contributed by atoms with Crippen molar-refractivity contribution in [2.45, 2.75) is 33.3 Å². The first-order valence-corrected chi connectivity index (χ1v) is 11.5. The molecule has 0 spiro atoms. The number of hydrogen-bond donors (Lipinski definition) is 1. The number of aryl methyl sites for hydroxylation is 2. The lowest BCUT2D eigenvalue weighted by Crippen LogP contribution is -2.33. The molecule has 2 aromatic heterocycles. The number of Topliss-reactive ketones (excluding diaryl/α,β-unsaturated/α-hetero) is 1. The van der Waals surface area contributed by atoms with E-state index in [2.05, 4.69) is 10.3 Å². The van der Waals surface area contributed by atoms with Gasteiger partial charge in [-0.15, -0.1) is 11.3 Å². The second-order valence-electron chi connectivity index (χ2n) is 7.82. The van der Waals surface area contributed by atoms with Crippen molar-refractivity contribution in [2.75, 3.05) is 6.54 Å². The van der Waals surface area contributed by atoms with Gasteiger partial charge in [-0.25, -0.2) is 0 Å². The van der Waals surface area contributed by atoms with Gasteiger partial charge in [-0.05, 0) is 68.3 Å². The van der Waals surface area contributed by atoms with Gasteiger partial charge in [0.2, 0.25) is 5.91 Å². The monoisotopic (exact) mass is 466 g/mol. The van der Waals surface area contributed by atoms with Crippen molar-refractivity contribution in [3.05, 3.63) is 74.9 Å². The molecule has 3 heterocycles. The van der Waals surface area contributed by atoms with Crippen LogP contribution in [0.5, 0.6) is 5.75 Å². The third kappa shape index (κ3) is 4.92. The quantitative estimate of drug-likeness (QED) is 0.389. The molecule has 4 rings (SSSR count). The van der Waals surface area contributed by atoms with E-state index in [1.165, 1.54) is 17.4 Å². The molecule has 0 saturated heterocycles. The number of halogens is 1. The van der Waals surface area contributed by atoms with Gasteiger partial charge in [-0.1, -0.05) is 17.7 Å². The molecule has 0 radical (unpaired) electrons. The lowest BCUT2D eigenvalue weighted by atomic mass is 10.1. The van der Waals surface area contributed by atoms with Gasteiger partial charge >= 0.3 is 0 Å². The van der Waals surface area contributed by atoms with E-state index in [1.54, 1.807) is 13.0 Å². The van der Waals surface area contributed by atoms with Crippen LogP contribution in [0.4, 0.5) is 0 Å². The molecule has 0 fully saturated rings. The molecule has 1 aliphatic heterocycles. The highest BCUT2D eigenvalue weighted by atomic mass is 35.5. The van der Waals surface area contributed by atoms with Crippen LogP contribution in [0.2, 0.25) is 5.02 Å². The first kappa shape index (κ1) is 22.2. The normalized spacial score (nSPS) is 14.9. The standard InChI is InChI=1S/C25H23ClN2O3S/c1-14-4-5-17(15(2)28-14)6-9-24(30)27-13-20-11-19-10-18(12-21(26)25(19)31-20)23-8-7-22(32-23)16(3)29/h4-10,12,20H,11,13H2,1-3H3,(H,27,30). The Morgan fingerprint density at radius 1 is 1.25 bits per heavy atom. The molecule has 5 nitrogen and oxygen atoms in total. The largest absolute Gasteiger partial charge is 0.486 e. The molecule has 0 aliphatic carbocycles. The van der Waals surface area contributed by atoms with Gasteiger partial charge in [0.1, 0.15) is 11.9 Å². The number of ether oxygens (including phenoxy) is 1. The molecule has 1 unspecified atom stereocenters. The second-order valence-corrected chi connectivity index (χ2v) is 9.31. The van der Waals surface area contributed by atoms with E-state index >= 15 is 0 Å². The first-order valence-electron chi connectivity index (χ1n) is 10.3. The topological polar surface area (TPSA) is 68.3 Å². The molecule has 3 aromatic rings. The number of rotatable bonds is 6. The fourth-order valence-electron chi connectivity index (χ4n) is 3.64. The van der Waals surface area contributed by atoms with Gasteiger partial charge in [0, 0.05) is 34.3 Å². The minimum atomic E-state index is -0.188. The van der Waals surface area contributed by atoms with Crippen molar-refractivity contribution in [3.63, 3.8) is 0 Å². The number of nitrogens with zero attached hydrogens (tertiary/aromatic N) is 1. The Morgan fingerprint density at radius 2 is 2.06 bits per heavy atom. The third-order valence-electron chi connectivity index (χ3n) is 5.27. The molecule has 1 aliphatic rings. The summed E-state index contributed by atoms with van der Waals surface area (Å²) in [6, 6.07) is 11.5. The van der Waals surface area contributed by atoms with Gasteiger partial charge in [-0.2, -0.15) is 0 Å². The van der Waals surface area contributed by atoms with Crippen molar-refractivity contribution >= 4 is 40.7 Å². The summed E-state index contributed by atoms with van der Waals surface area (Å²) < 4.78 is 5.99. The zero-order valence-electron chi connectivity index (χ0n) is 18.1. The van der Waals surface area contributed by atoms with E-state index < -0.39 is 0 Å². The average Bonchev–Trinajstić information content (AvgIpc) is 3.39. The predicted molar refractivity (Wildman–Crippen MR) is 129 cm³/mol. The van der Waals surface area contributed by atoms with E-state index in [0.717, 1.165) is 37.8 Å². The van der Waals surface area contributed by atoms with E-state index in [9.17, 15) is 9.59 Å². The number of carbonyl (C=O) groups excluding carboxylic acids is 2. The van der Waals surface area contributed by atoms with Crippen LogP contribution in [0, 0.1) is 13.8 Å². The summed E-state index contributed by atoms with van der Waals surface area (Å²) in [6.45, 7) is 5.79. The second kappa shape index (κ2) is 9.27. The summed E-state index contributed by atoms with van der Waals surface area (Å²) in [5, 5.41) is 3.43. The molecule has 32 heavy (non-hydrogen) atoms. The van der Waals surface area contributed by atoms with E-state index in [4.69, 9.17) is 16.3 Å². The highest BCUT2D eigenvalue weighted by Gasteiger charge is 2.26. The number of amides is 1. The Hall–Kier alpha value is -2.96. The summed E-state index contributed by atoms with van der Waals surface area (Å²) in [5.74, 6) is 0.525. The number of ketones is 1. The zero-order valence-corrected chi connectivity index (χ0v) is 19.6. The molecule has 7 heteroatoms. The SMILES string of the molecule is CC(=O)c1ccc(-c2cc(Cl)c3c(c2)CC(CNC(=O)C=Cc2ccc(C)nc2C)O3)s1. The minimum Gasteiger partial charge on any atom is -0.486 e. The van der Waals surface area contributed by atoms with Gasteiger partial charge < -0.3 is 10.1 Å². The predicted octanol–water partition coefficient (Wildman–Crippen LogP) is 5.42. The number of benzene rings is 1. The Morgan fingerprint density at radius 3 is 2.78 bits per heavy atom. The third-order valence-corrected chi connectivity index (χ3v) is 6.79. The summed E-state index contributed by atoms with van der Waals surface area (Å²) in [7, 11) is 0. The van der Waals surface area contributed by atoms with Gasteiger partial charge in [-0.3, -0.25) is 14.6 Å². The maximum atomic E-state index is 12.3. The van der Waals surface area contributed by atoms with Crippen LogP contribution in [0.15, 0.2) is 42.5 Å². The van der Waals surface area contributed by atoms with Crippen molar-refractivity contribution in [1.29, 1.82) is 0 Å². The molecule has 164 valence electrons.